The fraction of sp³-hybridized carbons (Fsp3) is 0.632. The van der Waals surface area contributed by atoms with Crippen LogP contribution in [-0.2, 0) is 20.1 Å². The number of carbonyl (C=O) groups is 1. The van der Waals surface area contributed by atoms with Crippen LogP contribution in [0.1, 0.15) is 42.7 Å². The molecule has 8 nitrogen and oxygen atoms in total. The van der Waals surface area contributed by atoms with Gasteiger partial charge in [0.2, 0.25) is 0 Å². The zero-order valence-electron chi connectivity index (χ0n) is 17.1. The summed E-state index contributed by atoms with van der Waals surface area (Å²) in [7, 11) is 2.01. The number of piperazine rings is 1. The second-order valence-electron chi connectivity index (χ2n) is 7.56. The van der Waals surface area contributed by atoms with Crippen LogP contribution in [0.25, 0.3) is 0 Å². The van der Waals surface area contributed by atoms with Crippen LogP contribution >= 0.6 is 0 Å². The summed E-state index contributed by atoms with van der Waals surface area (Å²) in [5.74, 6) is 1.06. The third-order valence-corrected chi connectivity index (χ3v) is 5.33. The van der Waals surface area contributed by atoms with Crippen molar-refractivity contribution in [2.24, 2.45) is 7.05 Å². The van der Waals surface area contributed by atoms with E-state index in [0.29, 0.717) is 12.6 Å². The van der Waals surface area contributed by atoms with Gasteiger partial charge in [0.15, 0.2) is 0 Å². The third kappa shape index (κ3) is 4.32. The minimum absolute atomic E-state index is 0.00254. The second-order valence-corrected chi connectivity index (χ2v) is 7.56. The van der Waals surface area contributed by atoms with Gasteiger partial charge in [0.25, 0.3) is 0 Å². The largest absolute Gasteiger partial charge is 0.337 e. The molecule has 0 aromatic carbocycles. The summed E-state index contributed by atoms with van der Waals surface area (Å²) >= 11 is 0. The van der Waals surface area contributed by atoms with E-state index >= 15 is 0 Å². The molecule has 0 spiro atoms. The Morgan fingerprint density at radius 1 is 1.22 bits per heavy atom. The zero-order valence-corrected chi connectivity index (χ0v) is 17.1. The molecule has 3 rings (SSSR count). The SMILES string of the molecule is Cc1nn(C(C)C)c(C)c1CNC(=O)N1CCN(Cc2nccn2C)CC1. The van der Waals surface area contributed by atoms with Crippen molar-refractivity contribution in [3.8, 4) is 0 Å². The van der Waals surface area contributed by atoms with Gasteiger partial charge >= 0.3 is 6.03 Å². The molecule has 1 saturated heterocycles. The minimum Gasteiger partial charge on any atom is -0.337 e. The Balaban J connectivity index is 1.49. The van der Waals surface area contributed by atoms with Crippen molar-refractivity contribution in [1.29, 1.82) is 0 Å². The van der Waals surface area contributed by atoms with E-state index in [1.807, 2.05) is 40.5 Å². The second kappa shape index (κ2) is 8.12. The molecule has 27 heavy (non-hydrogen) atoms. The van der Waals surface area contributed by atoms with E-state index < -0.39 is 0 Å². The summed E-state index contributed by atoms with van der Waals surface area (Å²) in [6.45, 7) is 12.9. The maximum atomic E-state index is 12.6. The minimum atomic E-state index is 0.00254. The van der Waals surface area contributed by atoms with Gasteiger partial charge in [-0.2, -0.15) is 5.10 Å². The molecule has 2 aromatic rings. The molecule has 1 N–H and O–H groups in total. The van der Waals surface area contributed by atoms with Gasteiger partial charge < -0.3 is 14.8 Å². The van der Waals surface area contributed by atoms with Gasteiger partial charge in [0, 0.05) is 69.5 Å². The fourth-order valence-corrected chi connectivity index (χ4v) is 3.59. The predicted octanol–water partition coefficient (Wildman–Crippen LogP) is 1.84. The first kappa shape index (κ1) is 19.4. The summed E-state index contributed by atoms with van der Waals surface area (Å²) in [4.78, 5) is 21.2. The molecule has 0 radical (unpaired) electrons. The molecule has 2 amide bonds. The summed E-state index contributed by atoms with van der Waals surface area (Å²) in [5, 5.41) is 7.66. The Morgan fingerprint density at radius 3 is 2.48 bits per heavy atom. The lowest BCUT2D eigenvalue weighted by molar-refractivity contribution is 0.132. The number of carbonyl (C=O) groups excluding carboxylic acids is 1. The lowest BCUT2D eigenvalue weighted by Crippen LogP contribution is -2.51. The quantitative estimate of drug-likeness (QED) is 0.868. The maximum Gasteiger partial charge on any atom is 0.317 e. The van der Waals surface area contributed by atoms with Gasteiger partial charge in [-0.1, -0.05) is 0 Å². The van der Waals surface area contributed by atoms with E-state index in [2.05, 4.69) is 41.1 Å². The van der Waals surface area contributed by atoms with Gasteiger partial charge in [-0.05, 0) is 27.7 Å². The molecule has 1 aliphatic heterocycles. The van der Waals surface area contributed by atoms with E-state index in [-0.39, 0.29) is 6.03 Å². The van der Waals surface area contributed by atoms with Crippen LogP contribution in [-0.4, -0.2) is 61.3 Å². The molecular weight excluding hydrogens is 342 g/mol. The molecule has 8 heteroatoms. The first-order valence-corrected chi connectivity index (χ1v) is 9.62. The number of hydrogen-bond donors (Lipinski definition) is 1. The Kier molecular flexibility index (Phi) is 5.84. The van der Waals surface area contributed by atoms with Crippen LogP contribution in [0.3, 0.4) is 0 Å². The fourth-order valence-electron chi connectivity index (χ4n) is 3.59. The van der Waals surface area contributed by atoms with Crippen molar-refractivity contribution < 1.29 is 4.79 Å². The highest BCUT2D eigenvalue weighted by Crippen LogP contribution is 2.17. The molecule has 0 aliphatic carbocycles. The number of amides is 2. The number of urea groups is 1. The monoisotopic (exact) mass is 373 g/mol. The van der Waals surface area contributed by atoms with Crippen LogP contribution in [0.5, 0.6) is 0 Å². The van der Waals surface area contributed by atoms with Crippen molar-refractivity contribution in [3.63, 3.8) is 0 Å². The van der Waals surface area contributed by atoms with E-state index in [1.54, 1.807) is 0 Å². The van der Waals surface area contributed by atoms with Crippen molar-refractivity contribution in [2.45, 2.75) is 46.8 Å². The molecule has 1 aliphatic rings. The highest BCUT2D eigenvalue weighted by molar-refractivity contribution is 5.74. The van der Waals surface area contributed by atoms with Gasteiger partial charge in [0.05, 0.1) is 12.2 Å². The maximum absolute atomic E-state index is 12.6. The first-order chi connectivity index (χ1) is 12.9. The molecule has 0 saturated carbocycles. The standard InChI is InChI=1S/C19H31N7O/c1-14(2)26-16(4)17(15(3)22-26)12-21-19(27)25-10-8-24(9-11-25)13-18-20-6-7-23(18)5/h6-7,14H,8-13H2,1-5H3,(H,21,27). The number of nitrogens with zero attached hydrogens (tertiary/aromatic N) is 6. The van der Waals surface area contributed by atoms with Gasteiger partial charge in [-0.3, -0.25) is 9.58 Å². The number of rotatable bonds is 5. The van der Waals surface area contributed by atoms with E-state index in [0.717, 1.165) is 55.5 Å². The van der Waals surface area contributed by atoms with Crippen LogP contribution in [0.4, 0.5) is 4.79 Å². The van der Waals surface area contributed by atoms with Crippen LogP contribution < -0.4 is 5.32 Å². The molecule has 148 valence electrons. The van der Waals surface area contributed by atoms with Crippen molar-refractivity contribution >= 4 is 6.03 Å². The number of aromatic nitrogens is 4. The number of hydrogen-bond acceptors (Lipinski definition) is 4. The Morgan fingerprint density at radius 2 is 1.93 bits per heavy atom. The number of aryl methyl sites for hydroxylation is 2. The zero-order chi connectivity index (χ0) is 19.6. The van der Waals surface area contributed by atoms with Crippen LogP contribution in [0.15, 0.2) is 12.4 Å². The van der Waals surface area contributed by atoms with Gasteiger partial charge in [-0.25, -0.2) is 9.78 Å². The number of nitrogens with one attached hydrogen (secondary N) is 1. The molecule has 1 fully saturated rings. The predicted molar refractivity (Wildman–Crippen MR) is 104 cm³/mol. The van der Waals surface area contributed by atoms with Crippen molar-refractivity contribution in [3.05, 3.63) is 35.2 Å². The molecule has 3 heterocycles. The van der Waals surface area contributed by atoms with E-state index in [4.69, 9.17) is 0 Å². The van der Waals surface area contributed by atoms with E-state index in [9.17, 15) is 4.79 Å². The molecular formula is C19H31N7O. The van der Waals surface area contributed by atoms with Crippen molar-refractivity contribution in [1.82, 2.24) is 34.4 Å². The van der Waals surface area contributed by atoms with Crippen molar-refractivity contribution in [2.75, 3.05) is 26.2 Å². The van der Waals surface area contributed by atoms with E-state index in [1.165, 1.54) is 0 Å². The highest BCUT2D eigenvalue weighted by atomic mass is 16.2. The summed E-state index contributed by atoms with van der Waals surface area (Å²) in [5.41, 5.74) is 3.23. The summed E-state index contributed by atoms with van der Waals surface area (Å²) < 4.78 is 4.06. The summed E-state index contributed by atoms with van der Waals surface area (Å²) in [6, 6.07) is 0.322. The third-order valence-electron chi connectivity index (χ3n) is 5.33. The smallest absolute Gasteiger partial charge is 0.317 e. The van der Waals surface area contributed by atoms with Gasteiger partial charge in [0.1, 0.15) is 5.82 Å². The summed E-state index contributed by atoms with van der Waals surface area (Å²) in [6.07, 6.45) is 3.79. The number of imidazole rings is 1. The lowest BCUT2D eigenvalue weighted by atomic mass is 10.2. The molecule has 0 atom stereocenters. The van der Waals surface area contributed by atoms with Gasteiger partial charge in [-0.15, -0.1) is 0 Å². The van der Waals surface area contributed by atoms with Crippen LogP contribution in [0.2, 0.25) is 0 Å². The normalized spacial score (nSPS) is 15.6. The highest BCUT2D eigenvalue weighted by Gasteiger charge is 2.22. The average molecular weight is 374 g/mol. The molecule has 0 unspecified atom stereocenters. The molecule has 2 aromatic heterocycles. The average Bonchev–Trinajstić information content (AvgIpc) is 3.16. The Bertz CT molecular complexity index is 784. The first-order valence-electron chi connectivity index (χ1n) is 9.62. The van der Waals surface area contributed by atoms with Crippen LogP contribution in [0, 0.1) is 13.8 Å². The lowest BCUT2D eigenvalue weighted by Gasteiger charge is -2.34. The topological polar surface area (TPSA) is 71.2 Å². The molecule has 0 bridgehead atoms. The Labute approximate surface area is 161 Å². The Hall–Kier alpha value is -2.35.